The maximum absolute atomic E-state index is 11.0. The number of nitrogens with one attached hydrogen (secondary N) is 2. The number of hydrogen-bond donors (Lipinski definition) is 4. The van der Waals surface area contributed by atoms with E-state index < -0.39 is 18.0 Å². The van der Waals surface area contributed by atoms with E-state index in [0.717, 1.165) is 11.3 Å². The number of benzene rings is 1. The molecule has 0 aromatic heterocycles. The number of carbonyl (C=O) groups is 2. The third-order valence-corrected chi connectivity index (χ3v) is 2.74. The lowest BCUT2D eigenvalue weighted by Gasteiger charge is -2.13. The third kappa shape index (κ3) is 5.39. The smallest absolute Gasteiger partial charge is 0.320 e. The van der Waals surface area contributed by atoms with E-state index in [0.29, 0.717) is 6.54 Å². The van der Waals surface area contributed by atoms with Crippen molar-refractivity contribution >= 4 is 17.6 Å². The Morgan fingerprint density at radius 2 is 1.84 bits per heavy atom. The highest BCUT2D eigenvalue weighted by Crippen LogP contribution is 2.09. The van der Waals surface area contributed by atoms with Gasteiger partial charge >= 0.3 is 11.9 Å². The number of hydrogen-bond acceptors (Lipinski definition) is 4. The zero-order valence-corrected chi connectivity index (χ0v) is 10.7. The number of anilines is 1. The van der Waals surface area contributed by atoms with Crippen molar-refractivity contribution in [1.29, 1.82) is 0 Å². The van der Waals surface area contributed by atoms with E-state index in [1.165, 1.54) is 0 Å². The van der Waals surface area contributed by atoms with E-state index in [1.807, 2.05) is 31.3 Å². The summed E-state index contributed by atoms with van der Waals surface area (Å²) in [5.74, 6) is -2.03. The molecule has 0 saturated carbocycles. The zero-order chi connectivity index (χ0) is 14.3. The maximum atomic E-state index is 11.0. The van der Waals surface area contributed by atoms with Gasteiger partial charge in [-0.1, -0.05) is 12.1 Å². The van der Waals surface area contributed by atoms with E-state index in [2.05, 4.69) is 10.6 Å². The monoisotopic (exact) mass is 266 g/mol. The van der Waals surface area contributed by atoms with Gasteiger partial charge in [-0.3, -0.25) is 9.59 Å². The van der Waals surface area contributed by atoms with Gasteiger partial charge in [0.25, 0.3) is 0 Å². The van der Waals surface area contributed by atoms with Crippen LogP contribution in [0.4, 0.5) is 5.69 Å². The van der Waals surface area contributed by atoms with Gasteiger partial charge in [0.15, 0.2) is 0 Å². The van der Waals surface area contributed by atoms with E-state index in [4.69, 9.17) is 10.2 Å². The van der Waals surface area contributed by atoms with E-state index in [9.17, 15) is 9.59 Å². The van der Waals surface area contributed by atoms with Crippen LogP contribution in [0.25, 0.3) is 0 Å². The molecule has 0 spiro atoms. The molecule has 1 aromatic rings. The van der Waals surface area contributed by atoms with Gasteiger partial charge in [-0.15, -0.1) is 0 Å². The summed E-state index contributed by atoms with van der Waals surface area (Å²) in [5, 5.41) is 23.4. The molecule has 0 amide bonds. The second-order valence-corrected chi connectivity index (χ2v) is 4.15. The molecule has 0 aliphatic carbocycles. The summed E-state index contributed by atoms with van der Waals surface area (Å²) >= 11 is 0. The third-order valence-electron chi connectivity index (χ3n) is 2.74. The molecule has 0 aliphatic rings. The molecule has 1 rings (SSSR count). The van der Waals surface area contributed by atoms with Crippen LogP contribution in [0, 0.1) is 0 Å². The van der Waals surface area contributed by atoms with E-state index in [1.54, 1.807) is 0 Å². The molecule has 19 heavy (non-hydrogen) atoms. The Morgan fingerprint density at radius 3 is 2.32 bits per heavy atom. The summed E-state index contributed by atoms with van der Waals surface area (Å²) in [6, 6.07) is 6.71. The molecule has 4 N–H and O–H groups in total. The predicted octanol–water partition coefficient (Wildman–Crippen LogP) is 1.14. The van der Waals surface area contributed by atoms with Gasteiger partial charge in [-0.05, 0) is 24.1 Å². The molecule has 0 fully saturated rings. The average molecular weight is 266 g/mol. The van der Waals surface area contributed by atoms with Crippen LogP contribution in [0.15, 0.2) is 24.3 Å². The van der Waals surface area contributed by atoms with Crippen LogP contribution >= 0.6 is 0 Å². The molecule has 0 radical (unpaired) electrons. The van der Waals surface area contributed by atoms with Crippen molar-refractivity contribution in [3.63, 3.8) is 0 Å². The van der Waals surface area contributed by atoms with Crippen LogP contribution in [-0.4, -0.2) is 35.2 Å². The minimum absolute atomic E-state index is 0.0687. The van der Waals surface area contributed by atoms with Crippen molar-refractivity contribution < 1.29 is 19.8 Å². The summed E-state index contributed by atoms with van der Waals surface area (Å²) in [5.41, 5.74) is 1.92. The van der Waals surface area contributed by atoms with Gasteiger partial charge in [-0.2, -0.15) is 0 Å². The molecular weight excluding hydrogens is 248 g/mol. The van der Waals surface area contributed by atoms with Gasteiger partial charge in [-0.25, -0.2) is 0 Å². The molecule has 1 atom stereocenters. The van der Waals surface area contributed by atoms with Crippen LogP contribution in [0.5, 0.6) is 0 Å². The first-order chi connectivity index (χ1) is 9.02. The zero-order valence-electron chi connectivity index (χ0n) is 10.7. The van der Waals surface area contributed by atoms with Gasteiger partial charge in [0, 0.05) is 25.7 Å². The Hall–Kier alpha value is -2.08. The first-order valence-corrected chi connectivity index (χ1v) is 5.97. The summed E-state index contributed by atoms with van der Waals surface area (Å²) in [7, 11) is 1.82. The summed E-state index contributed by atoms with van der Waals surface area (Å²) in [4.78, 5) is 21.4. The van der Waals surface area contributed by atoms with Crippen molar-refractivity contribution in [3.05, 3.63) is 29.8 Å². The Balaban J connectivity index is 2.50. The average Bonchev–Trinajstić information content (AvgIpc) is 2.38. The first kappa shape index (κ1) is 15.0. The molecule has 1 aromatic carbocycles. The maximum Gasteiger partial charge on any atom is 0.320 e. The Bertz CT molecular complexity index is 431. The van der Waals surface area contributed by atoms with Gasteiger partial charge < -0.3 is 20.8 Å². The molecule has 0 unspecified atom stereocenters. The molecule has 6 nitrogen and oxygen atoms in total. The highest BCUT2D eigenvalue weighted by molar-refractivity contribution is 5.75. The minimum atomic E-state index is -1.03. The van der Waals surface area contributed by atoms with Crippen molar-refractivity contribution in [2.24, 2.45) is 0 Å². The van der Waals surface area contributed by atoms with E-state index >= 15 is 0 Å². The molecule has 0 heterocycles. The fraction of sp³-hybridized carbons (Fsp3) is 0.385. The van der Waals surface area contributed by atoms with Crippen molar-refractivity contribution in [2.45, 2.75) is 25.4 Å². The predicted molar refractivity (Wildman–Crippen MR) is 71.1 cm³/mol. The SMILES string of the molecule is CNc1ccc(CN[C@@H](CCC(=O)O)C(=O)O)cc1. The van der Waals surface area contributed by atoms with Crippen molar-refractivity contribution in [2.75, 3.05) is 12.4 Å². The normalized spacial score (nSPS) is 11.8. The van der Waals surface area contributed by atoms with Crippen LogP contribution in [0.3, 0.4) is 0 Å². The topological polar surface area (TPSA) is 98.7 Å². The summed E-state index contributed by atoms with van der Waals surface area (Å²) < 4.78 is 0. The highest BCUT2D eigenvalue weighted by atomic mass is 16.4. The Kier molecular flexibility index (Phi) is 5.81. The lowest BCUT2D eigenvalue weighted by molar-refractivity contribution is -0.140. The standard InChI is InChI=1S/C13H18N2O4/c1-14-10-4-2-9(3-5-10)8-15-11(13(18)19)6-7-12(16)17/h2-5,11,14-15H,6-8H2,1H3,(H,16,17)(H,18,19)/t11-/m0/s1. The number of aliphatic carboxylic acids is 2. The molecule has 104 valence electrons. The van der Waals surface area contributed by atoms with Crippen molar-refractivity contribution in [3.8, 4) is 0 Å². The highest BCUT2D eigenvalue weighted by Gasteiger charge is 2.17. The Labute approximate surface area is 111 Å². The van der Waals surface area contributed by atoms with Crippen LogP contribution in [-0.2, 0) is 16.1 Å². The number of carboxylic acid groups (broad SMARTS) is 2. The van der Waals surface area contributed by atoms with Gasteiger partial charge in [0.1, 0.15) is 6.04 Å². The van der Waals surface area contributed by atoms with Crippen molar-refractivity contribution in [1.82, 2.24) is 5.32 Å². The molecule has 6 heteroatoms. The van der Waals surface area contributed by atoms with Gasteiger partial charge in [0.2, 0.25) is 0 Å². The molecular formula is C13H18N2O4. The second-order valence-electron chi connectivity index (χ2n) is 4.15. The number of carboxylic acids is 2. The van der Waals surface area contributed by atoms with Crippen LogP contribution in [0.2, 0.25) is 0 Å². The summed E-state index contributed by atoms with van der Waals surface area (Å²) in [6.45, 7) is 0.389. The van der Waals surface area contributed by atoms with Gasteiger partial charge in [0.05, 0.1) is 0 Å². The second kappa shape index (κ2) is 7.38. The summed E-state index contributed by atoms with van der Waals surface area (Å²) in [6.07, 6.45) is -0.0953. The largest absolute Gasteiger partial charge is 0.481 e. The molecule has 0 bridgehead atoms. The molecule has 0 aliphatic heterocycles. The quantitative estimate of drug-likeness (QED) is 0.563. The fourth-order valence-electron chi connectivity index (χ4n) is 1.61. The molecule has 0 saturated heterocycles. The lowest BCUT2D eigenvalue weighted by Crippen LogP contribution is -2.36. The Morgan fingerprint density at radius 1 is 1.21 bits per heavy atom. The van der Waals surface area contributed by atoms with Crippen LogP contribution < -0.4 is 10.6 Å². The lowest BCUT2D eigenvalue weighted by atomic mass is 10.1. The minimum Gasteiger partial charge on any atom is -0.481 e. The number of rotatable bonds is 8. The fourth-order valence-corrected chi connectivity index (χ4v) is 1.61. The first-order valence-electron chi connectivity index (χ1n) is 5.97. The van der Waals surface area contributed by atoms with Crippen LogP contribution in [0.1, 0.15) is 18.4 Å². The van der Waals surface area contributed by atoms with E-state index in [-0.39, 0.29) is 12.8 Å².